The Balaban J connectivity index is 1.86. The molecule has 1 aliphatic carbocycles. The number of benzene rings is 1. The first-order valence-electron chi connectivity index (χ1n) is 8.88. The van der Waals surface area contributed by atoms with Crippen LogP contribution in [-0.4, -0.2) is 29.8 Å². The van der Waals surface area contributed by atoms with Gasteiger partial charge in [0.1, 0.15) is 0 Å². The third-order valence-corrected chi connectivity index (χ3v) is 4.06. The highest BCUT2D eigenvalue weighted by atomic mass is 16.2. The summed E-state index contributed by atoms with van der Waals surface area (Å²) in [7, 11) is 0. The SMILES string of the molecule is CC(C)CCC(C)NC(=O)C(=O)Nc1cccc(C(=O)NC2CC2)c1. The van der Waals surface area contributed by atoms with Gasteiger partial charge in [0.05, 0.1) is 0 Å². The maximum atomic E-state index is 12.0. The van der Waals surface area contributed by atoms with E-state index in [1.54, 1.807) is 24.3 Å². The van der Waals surface area contributed by atoms with E-state index < -0.39 is 11.8 Å². The number of hydrogen-bond acceptors (Lipinski definition) is 3. The lowest BCUT2D eigenvalue weighted by atomic mass is 10.0. The highest BCUT2D eigenvalue weighted by molar-refractivity contribution is 6.39. The highest BCUT2D eigenvalue weighted by Crippen LogP contribution is 2.20. The maximum absolute atomic E-state index is 12.0. The smallest absolute Gasteiger partial charge is 0.313 e. The Hall–Kier alpha value is -2.37. The fourth-order valence-corrected chi connectivity index (χ4v) is 2.37. The molecular formula is C19H27N3O3. The molecule has 136 valence electrons. The number of anilines is 1. The van der Waals surface area contributed by atoms with Crippen molar-refractivity contribution in [3.05, 3.63) is 29.8 Å². The summed E-state index contributed by atoms with van der Waals surface area (Å²) < 4.78 is 0. The van der Waals surface area contributed by atoms with E-state index in [2.05, 4.69) is 29.8 Å². The number of nitrogens with one attached hydrogen (secondary N) is 3. The average molecular weight is 345 g/mol. The fourth-order valence-electron chi connectivity index (χ4n) is 2.37. The molecule has 2 rings (SSSR count). The third kappa shape index (κ3) is 6.57. The zero-order chi connectivity index (χ0) is 18.4. The van der Waals surface area contributed by atoms with Crippen LogP contribution in [0.25, 0.3) is 0 Å². The van der Waals surface area contributed by atoms with Crippen LogP contribution in [0.5, 0.6) is 0 Å². The van der Waals surface area contributed by atoms with Crippen molar-refractivity contribution in [3.63, 3.8) is 0 Å². The molecule has 1 aromatic carbocycles. The lowest BCUT2D eigenvalue weighted by molar-refractivity contribution is -0.136. The summed E-state index contributed by atoms with van der Waals surface area (Å²) in [6, 6.07) is 6.80. The van der Waals surface area contributed by atoms with Crippen LogP contribution in [0.15, 0.2) is 24.3 Å². The molecule has 1 atom stereocenters. The van der Waals surface area contributed by atoms with Crippen molar-refractivity contribution >= 4 is 23.4 Å². The Morgan fingerprint density at radius 1 is 1.08 bits per heavy atom. The Labute approximate surface area is 148 Å². The van der Waals surface area contributed by atoms with Gasteiger partial charge in [0, 0.05) is 23.3 Å². The average Bonchev–Trinajstić information content (AvgIpc) is 3.37. The Bertz CT molecular complexity index is 639. The molecule has 6 heteroatoms. The Kier molecular flexibility index (Phi) is 6.56. The molecule has 3 amide bonds. The zero-order valence-electron chi connectivity index (χ0n) is 15.1. The maximum Gasteiger partial charge on any atom is 0.313 e. The van der Waals surface area contributed by atoms with Gasteiger partial charge in [-0.2, -0.15) is 0 Å². The summed E-state index contributed by atoms with van der Waals surface area (Å²) in [4.78, 5) is 36.0. The number of carbonyl (C=O) groups excluding carboxylic acids is 3. The van der Waals surface area contributed by atoms with Gasteiger partial charge >= 0.3 is 11.8 Å². The van der Waals surface area contributed by atoms with Crippen LogP contribution in [-0.2, 0) is 9.59 Å². The number of carbonyl (C=O) groups is 3. The molecule has 3 N–H and O–H groups in total. The fraction of sp³-hybridized carbons (Fsp3) is 0.526. The second-order valence-electron chi connectivity index (χ2n) is 7.13. The van der Waals surface area contributed by atoms with E-state index in [9.17, 15) is 14.4 Å². The van der Waals surface area contributed by atoms with E-state index in [1.165, 1.54) is 0 Å². The monoisotopic (exact) mass is 345 g/mol. The summed E-state index contributed by atoms with van der Waals surface area (Å²) in [5.41, 5.74) is 0.897. The molecule has 0 radical (unpaired) electrons. The predicted octanol–water partition coefficient (Wildman–Crippen LogP) is 2.46. The number of amides is 3. The van der Waals surface area contributed by atoms with Gasteiger partial charge in [0.15, 0.2) is 0 Å². The molecule has 1 fully saturated rings. The minimum atomic E-state index is -0.726. The van der Waals surface area contributed by atoms with Crippen LogP contribution in [0.2, 0.25) is 0 Å². The van der Waals surface area contributed by atoms with Crippen molar-refractivity contribution in [1.29, 1.82) is 0 Å². The van der Waals surface area contributed by atoms with E-state index in [4.69, 9.17) is 0 Å². The normalized spacial score (nSPS) is 14.7. The van der Waals surface area contributed by atoms with Crippen molar-refractivity contribution < 1.29 is 14.4 Å². The van der Waals surface area contributed by atoms with Crippen LogP contribution in [0, 0.1) is 5.92 Å². The molecule has 0 saturated heterocycles. The minimum absolute atomic E-state index is 0.0590. The summed E-state index contributed by atoms with van der Waals surface area (Å²) in [5.74, 6) is -0.997. The molecular weight excluding hydrogens is 318 g/mol. The van der Waals surface area contributed by atoms with Gasteiger partial charge in [0.2, 0.25) is 0 Å². The van der Waals surface area contributed by atoms with Gasteiger partial charge in [0.25, 0.3) is 5.91 Å². The summed E-state index contributed by atoms with van der Waals surface area (Å²) in [6.45, 7) is 6.12. The molecule has 0 aromatic heterocycles. The molecule has 1 aliphatic rings. The van der Waals surface area contributed by atoms with Crippen molar-refractivity contribution in [2.75, 3.05) is 5.32 Å². The van der Waals surface area contributed by atoms with Crippen LogP contribution in [0.3, 0.4) is 0 Å². The van der Waals surface area contributed by atoms with Gasteiger partial charge in [-0.1, -0.05) is 19.9 Å². The van der Waals surface area contributed by atoms with Gasteiger partial charge < -0.3 is 16.0 Å². The first kappa shape index (κ1) is 19.0. The molecule has 25 heavy (non-hydrogen) atoms. The standard InChI is InChI=1S/C19H27N3O3/c1-12(2)7-8-13(3)20-18(24)19(25)22-16-6-4-5-14(11-16)17(23)21-15-9-10-15/h4-6,11-13,15H,7-10H2,1-3H3,(H,20,24)(H,21,23)(H,22,25). The second-order valence-corrected chi connectivity index (χ2v) is 7.13. The van der Waals surface area contributed by atoms with E-state index in [1.807, 2.05) is 6.92 Å². The first-order valence-corrected chi connectivity index (χ1v) is 8.88. The van der Waals surface area contributed by atoms with Gasteiger partial charge in [-0.15, -0.1) is 0 Å². The van der Waals surface area contributed by atoms with E-state index in [0.29, 0.717) is 17.2 Å². The van der Waals surface area contributed by atoms with E-state index in [0.717, 1.165) is 25.7 Å². The largest absolute Gasteiger partial charge is 0.349 e. The van der Waals surface area contributed by atoms with Crippen LogP contribution < -0.4 is 16.0 Å². The molecule has 0 heterocycles. The van der Waals surface area contributed by atoms with Crippen LogP contribution in [0.1, 0.15) is 56.8 Å². The Morgan fingerprint density at radius 2 is 1.80 bits per heavy atom. The lowest BCUT2D eigenvalue weighted by Gasteiger charge is -2.15. The van der Waals surface area contributed by atoms with Crippen molar-refractivity contribution in [2.45, 2.75) is 58.5 Å². The minimum Gasteiger partial charge on any atom is -0.349 e. The third-order valence-electron chi connectivity index (χ3n) is 4.06. The van der Waals surface area contributed by atoms with Crippen molar-refractivity contribution in [2.24, 2.45) is 5.92 Å². The molecule has 0 aliphatic heterocycles. The Morgan fingerprint density at radius 3 is 2.44 bits per heavy atom. The lowest BCUT2D eigenvalue weighted by Crippen LogP contribution is -2.40. The van der Waals surface area contributed by atoms with E-state index >= 15 is 0 Å². The molecule has 6 nitrogen and oxygen atoms in total. The molecule has 1 unspecified atom stereocenters. The topological polar surface area (TPSA) is 87.3 Å². The van der Waals surface area contributed by atoms with Gasteiger partial charge in [-0.25, -0.2) is 0 Å². The molecule has 0 spiro atoms. The summed E-state index contributed by atoms with van der Waals surface area (Å²) in [6.07, 6.45) is 3.84. The van der Waals surface area contributed by atoms with Crippen LogP contribution in [0.4, 0.5) is 5.69 Å². The van der Waals surface area contributed by atoms with Gasteiger partial charge in [-0.3, -0.25) is 14.4 Å². The summed E-state index contributed by atoms with van der Waals surface area (Å²) in [5, 5.41) is 8.13. The molecule has 1 aromatic rings. The quantitative estimate of drug-likeness (QED) is 0.663. The highest BCUT2D eigenvalue weighted by Gasteiger charge is 2.24. The second kappa shape index (κ2) is 8.65. The van der Waals surface area contributed by atoms with Crippen LogP contribution >= 0.6 is 0 Å². The molecule has 1 saturated carbocycles. The number of rotatable bonds is 7. The summed E-state index contributed by atoms with van der Waals surface area (Å²) >= 11 is 0. The van der Waals surface area contributed by atoms with E-state index in [-0.39, 0.29) is 18.0 Å². The first-order chi connectivity index (χ1) is 11.8. The van der Waals surface area contributed by atoms with Gasteiger partial charge in [-0.05, 0) is 56.7 Å². The van der Waals surface area contributed by atoms with Crippen molar-refractivity contribution in [1.82, 2.24) is 10.6 Å². The predicted molar refractivity (Wildman–Crippen MR) is 97.2 cm³/mol. The van der Waals surface area contributed by atoms with Crippen molar-refractivity contribution in [3.8, 4) is 0 Å². The number of hydrogen-bond donors (Lipinski definition) is 3. The zero-order valence-corrected chi connectivity index (χ0v) is 15.1. The molecule has 0 bridgehead atoms.